The molecule has 0 aliphatic heterocycles. The van der Waals surface area contributed by atoms with Gasteiger partial charge in [0.15, 0.2) is 6.29 Å². The summed E-state index contributed by atoms with van der Waals surface area (Å²) < 4.78 is 9.14. The molecule has 0 saturated heterocycles. The quantitative estimate of drug-likeness (QED) is 0.324. The van der Waals surface area contributed by atoms with E-state index in [1.807, 2.05) is 6.07 Å². The number of hydrogen-bond donors (Lipinski definition) is 0. The Balaban J connectivity index is 2.76. The van der Waals surface area contributed by atoms with Gasteiger partial charge >= 0.3 is 5.97 Å². The van der Waals surface area contributed by atoms with E-state index in [1.54, 1.807) is 22.8 Å². The Morgan fingerprint density at radius 2 is 2.05 bits per heavy atom. The maximum atomic E-state index is 11.9. The van der Waals surface area contributed by atoms with Gasteiger partial charge in [-0.2, -0.15) is 0 Å². The standard InChI is InChI=1S/C13H8BrI2NO3/c1-20-13(19)9-4-7(14)2-3-11(9)17-8(6-18)5-10(15)12(17)16/h2-6H,1H3. The van der Waals surface area contributed by atoms with Gasteiger partial charge in [-0.25, -0.2) is 4.79 Å². The summed E-state index contributed by atoms with van der Waals surface area (Å²) in [6, 6.07) is 7.05. The summed E-state index contributed by atoms with van der Waals surface area (Å²) in [6.07, 6.45) is 0.771. The molecule has 0 unspecified atom stereocenters. The van der Waals surface area contributed by atoms with Gasteiger partial charge in [0.05, 0.1) is 27.8 Å². The van der Waals surface area contributed by atoms with Gasteiger partial charge in [0.2, 0.25) is 0 Å². The van der Waals surface area contributed by atoms with Gasteiger partial charge in [0.1, 0.15) is 0 Å². The Morgan fingerprint density at radius 3 is 2.65 bits per heavy atom. The minimum atomic E-state index is -0.447. The number of aromatic nitrogens is 1. The van der Waals surface area contributed by atoms with Gasteiger partial charge in [-0.05, 0) is 69.4 Å². The summed E-state index contributed by atoms with van der Waals surface area (Å²) in [7, 11) is 1.33. The first-order chi connectivity index (χ1) is 9.49. The number of halogens is 3. The molecule has 4 nitrogen and oxygen atoms in total. The lowest BCUT2D eigenvalue weighted by molar-refractivity contribution is 0.0600. The van der Waals surface area contributed by atoms with E-state index in [9.17, 15) is 9.59 Å². The van der Waals surface area contributed by atoms with Crippen molar-refractivity contribution >= 4 is 73.4 Å². The van der Waals surface area contributed by atoms with Crippen LogP contribution in [-0.2, 0) is 4.74 Å². The Hall–Kier alpha value is -0.420. The van der Waals surface area contributed by atoms with Crippen LogP contribution in [0.5, 0.6) is 0 Å². The number of benzene rings is 1. The predicted octanol–water partition coefficient (Wildman–Crippen LogP) is 4.05. The van der Waals surface area contributed by atoms with E-state index >= 15 is 0 Å². The van der Waals surface area contributed by atoms with Crippen LogP contribution in [0.15, 0.2) is 28.7 Å². The van der Waals surface area contributed by atoms with Crippen molar-refractivity contribution < 1.29 is 14.3 Å². The number of nitrogens with zero attached hydrogens (tertiary/aromatic N) is 1. The molecule has 0 radical (unpaired) electrons. The Kier molecular flexibility index (Phi) is 5.24. The van der Waals surface area contributed by atoms with Crippen LogP contribution in [0.4, 0.5) is 0 Å². The van der Waals surface area contributed by atoms with Crippen molar-refractivity contribution in [1.82, 2.24) is 4.57 Å². The SMILES string of the molecule is COC(=O)c1cc(Br)ccc1-n1c(C=O)cc(I)c1I. The normalized spacial score (nSPS) is 10.4. The van der Waals surface area contributed by atoms with E-state index < -0.39 is 5.97 Å². The average molecular weight is 560 g/mol. The van der Waals surface area contributed by atoms with Crippen LogP contribution >= 0.6 is 61.1 Å². The minimum absolute atomic E-state index is 0.398. The molecule has 0 spiro atoms. The molecule has 0 atom stereocenters. The van der Waals surface area contributed by atoms with Crippen molar-refractivity contribution in [2.24, 2.45) is 0 Å². The fourth-order valence-corrected chi connectivity index (χ4v) is 3.40. The van der Waals surface area contributed by atoms with Crippen LogP contribution < -0.4 is 0 Å². The average Bonchev–Trinajstić information content (AvgIpc) is 2.73. The Morgan fingerprint density at radius 1 is 1.35 bits per heavy atom. The third-order valence-electron chi connectivity index (χ3n) is 2.65. The van der Waals surface area contributed by atoms with Gasteiger partial charge in [-0.1, -0.05) is 15.9 Å². The second-order valence-electron chi connectivity index (χ2n) is 3.81. The lowest BCUT2D eigenvalue weighted by Crippen LogP contribution is -2.10. The van der Waals surface area contributed by atoms with Crippen LogP contribution in [0, 0.1) is 7.27 Å². The molecule has 0 aliphatic carbocycles. The molecule has 0 N–H and O–H groups in total. The summed E-state index contributed by atoms with van der Waals surface area (Å²) >= 11 is 7.64. The van der Waals surface area contributed by atoms with Crippen molar-refractivity contribution in [2.45, 2.75) is 0 Å². The molecule has 0 aliphatic rings. The molecule has 0 amide bonds. The number of aldehydes is 1. The van der Waals surface area contributed by atoms with E-state index in [4.69, 9.17) is 4.74 Å². The first-order valence-electron chi connectivity index (χ1n) is 5.39. The molecule has 0 saturated carbocycles. The van der Waals surface area contributed by atoms with Gasteiger partial charge in [-0.3, -0.25) is 4.79 Å². The topological polar surface area (TPSA) is 48.3 Å². The van der Waals surface area contributed by atoms with Crippen LogP contribution in [0.25, 0.3) is 5.69 Å². The molecular formula is C13H8BrI2NO3. The smallest absolute Gasteiger partial charge is 0.340 e. The number of carbonyl (C=O) groups is 2. The zero-order valence-corrected chi connectivity index (χ0v) is 16.1. The van der Waals surface area contributed by atoms with E-state index in [1.165, 1.54) is 7.11 Å². The maximum absolute atomic E-state index is 11.9. The fourth-order valence-electron chi connectivity index (χ4n) is 1.78. The van der Waals surface area contributed by atoms with E-state index in [0.29, 0.717) is 16.9 Å². The van der Waals surface area contributed by atoms with Crippen molar-refractivity contribution in [1.29, 1.82) is 0 Å². The number of methoxy groups -OCH3 is 1. The summed E-state index contributed by atoms with van der Waals surface area (Å²) in [5.41, 5.74) is 1.51. The molecule has 1 aromatic heterocycles. The highest BCUT2D eigenvalue weighted by atomic mass is 127. The van der Waals surface area contributed by atoms with E-state index in [2.05, 4.69) is 61.1 Å². The number of esters is 1. The molecule has 0 fully saturated rings. The Labute approximate surface area is 151 Å². The van der Waals surface area contributed by atoms with Crippen LogP contribution in [-0.4, -0.2) is 23.9 Å². The molecule has 1 aromatic carbocycles. The molecule has 2 rings (SSSR count). The molecule has 1 heterocycles. The molecule has 7 heteroatoms. The van der Waals surface area contributed by atoms with Gasteiger partial charge in [-0.15, -0.1) is 0 Å². The highest BCUT2D eigenvalue weighted by Crippen LogP contribution is 2.28. The highest BCUT2D eigenvalue weighted by Gasteiger charge is 2.19. The van der Waals surface area contributed by atoms with Crippen molar-refractivity contribution in [2.75, 3.05) is 7.11 Å². The second-order valence-corrected chi connectivity index (χ2v) is 6.91. The van der Waals surface area contributed by atoms with Gasteiger partial charge in [0, 0.05) is 8.04 Å². The number of ether oxygens (including phenoxy) is 1. The third-order valence-corrected chi connectivity index (χ3v) is 6.06. The summed E-state index contributed by atoms with van der Waals surface area (Å²) in [5, 5.41) is 0. The summed E-state index contributed by atoms with van der Waals surface area (Å²) in [4.78, 5) is 23.2. The molecular weight excluding hydrogens is 552 g/mol. The van der Waals surface area contributed by atoms with Crippen molar-refractivity contribution in [3.8, 4) is 5.69 Å². The number of rotatable bonds is 3. The number of carbonyl (C=O) groups excluding carboxylic acids is 2. The fraction of sp³-hybridized carbons (Fsp3) is 0.0769. The van der Waals surface area contributed by atoms with Crippen molar-refractivity contribution in [3.05, 3.63) is 47.3 Å². The minimum Gasteiger partial charge on any atom is -0.465 e. The monoisotopic (exact) mass is 559 g/mol. The van der Waals surface area contributed by atoms with E-state index in [-0.39, 0.29) is 0 Å². The number of hydrogen-bond acceptors (Lipinski definition) is 3. The second kappa shape index (κ2) is 6.56. The van der Waals surface area contributed by atoms with Crippen LogP contribution in [0.2, 0.25) is 0 Å². The molecule has 20 heavy (non-hydrogen) atoms. The predicted molar refractivity (Wildman–Crippen MR) is 95.6 cm³/mol. The molecule has 0 bridgehead atoms. The third kappa shape index (κ3) is 2.93. The first kappa shape index (κ1) is 16.0. The van der Waals surface area contributed by atoms with Crippen molar-refractivity contribution in [3.63, 3.8) is 0 Å². The Bertz CT molecular complexity index is 697. The van der Waals surface area contributed by atoms with Crippen LogP contribution in [0.1, 0.15) is 20.8 Å². The first-order valence-corrected chi connectivity index (χ1v) is 8.34. The molecule has 104 valence electrons. The van der Waals surface area contributed by atoms with E-state index in [0.717, 1.165) is 18.0 Å². The lowest BCUT2D eigenvalue weighted by Gasteiger charge is -2.12. The highest BCUT2D eigenvalue weighted by molar-refractivity contribution is 14.1. The molecule has 2 aromatic rings. The van der Waals surface area contributed by atoms with Gasteiger partial charge < -0.3 is 9.30 Å². The lowest BCUT2D eigenvalue weighted by atomic mass is 10.1. The van der Waals surface area contributed by atoms with Gasteiger partial charge in [0.25, 0.3) is 0 Å². The zero-order chi connectivity index (χ0) is 14.9. The zero-order valence-electron chi connectivity index (χ0n) is 10.2. The summed E-state index contributed by atoms with van der Waals surface area (Å²) in [6.45, 7) is 0. The largest absolute Gasteiger partial charge is 0.465 e. The summed E-state index contributed by atoms with van der Waals surface area (Å²) in [5.74, 6) is -0.447. The maximum Gasteiger partial charge on any atom is 0.340 e. The van der Waals surface area contributed by atoms with Crippen LogP contribution in [0.3, 0.4) is 0 Å².